The van der Waals surface area contributed by atoms with Crippen LogP contribution in [-0.2, 0) is 7.05 Å². The molecule has 2 N–H and O–H groups in total. The van der Waals surface area contributed by atoms with E-state index in [1.54, 1.807) is 0 Å². The number of piperidine rings is 1. The standard InChI is InChI=1S/C12H19N3O/c1-9-5-6-13-8-10(9)14-12(16)11-4-3-7-15(11)2/h3-4,7,9-10,13H,5-6,8H2,1-2H3,(H,14,16). The molecule has 1 aromatic rings. The Kier molecular flexibility index (Phi) is 3.29. The SMILES string of the molecule is CC1CCNCC1NC(=O)c1cccn1C. The average molecular weight is 221 g/mol. The van der Waals surface area contributed by atoms with Gasteiger partial charge in [-0.15, -0.1) is 0 Å². The second kappa shape index (κ2) is 4.70. The number of aromatic nitrogens is 1. The number of hydrogen-bond donors (Lipinski definition) is 2. The molecule has 2 rings (SSSR count). The Bertz CT molecular complexity index is 372. The molecule has 1 saturated heterocycles. The van der Waals surface area contributed by atoms with E-state index in [0.29, 0.717) is 5.92 Å². The number of carbonyl (C=O) groups is 1. The van der Waals surface area contributed by atoms with Gasteiger partial charge in [-0.05, 0) is 31.0 Å². The second-order valence-corrected chi connectivity index (χ2v) is 4.55. The Morgan fingerprint density at radius 2 is 2.44 bits per heavy atom. The molecular formula is C12H19N3O. The van der Waals surface area contributed by atoms with Gasteiger partial charge in [0, 0.05) is 25.8 Å². The number of aryl methyl sites for hydroxylation is 1. The number of nitrogens with zero attached hydrogens (tertiary/aromatic N) is 1. The minimum Gasteiger partial charge on any atom is -0.347 e. The monoisotopic (exact) mass is 221 g/mol. The molecule has 0 aliphatic carbocycles. The summed E-state index contributed by atoms with van der Waals surface area (Å²) in [5.41, 5.74) is 0.720. The molecule has 1 aliphatic heterocycles. The summed E-state index contributed by atoms with van der Waals surface area (Å²) in [5, 5.41) is 6.40. The van der Waals surface area contributed by atoms with Crippen molar-refractivity contribution in [3.63, 3.8) is 0 Å². The summed E-state index contributed by atoms with van der Waals surface area (Å²) in [6.07, 6.45) is 3.01. The quantitative estimate of drug-likeness (QED) is 0.774. The number of amides is 1. The Balaban J connectivity index is 1.99. The van der Waals surface area contributed by atoms with Crippen LogP contribution in [0.1, 0.15) is 23.8 Å². The van der Waals surface area contributed by atoms with E-state index in [1.165, 1.54) is 0 Å². The first-order chi connectivity index (χ1) is 7.68. The summed E-state index contributed by atoms with van der Waals surface area (Å²) in [7, 11) is 1.89. The van der Waals surface area contributed by atoms with Gasteiger partial charge in [0.05, 0.1) is 0 Å². The molecule has 0 radical (unpaired) electrons. The van der Waals surface area contributed by atoms with Crippen molar-refractivity contribution in [1.82, 2.24) is 15.2 Å². The van der Waals surface area contributed by atoms with E-state index in [9.17, 15) is 4.79 Å². The molecule has 0 aromatic carbocycles. The maximum atomic E-state index is 12.0. The van der Waals surface area contributed by atoms with E-state index in [-0.39, 0.29) is 11.9 Å². The normalized spacial score (nSPS) is 25.4. The molecule has 16 heavy (non-hydrogen) atoms. The number of rotatable bonds is 2. The highest BCUT2D eigenvalue weighted by Gasteiger charge is 2.23. The molecule has 4 nitrogen and oxygen atoms in total. The predicted molar refractivity (Wildman–Crippen MR) is 63.3 cm³/mol. The summed E-state index contributed by atoms with van der Waals surface area (Å²) >= 11 is 0. The van der Waals surface area contributed by atoms with E-state index < -0.39 is 0 Å². The van der Waals surface area contributed by atoms with E-state index in [2.05, 4.69) is 17.6 Å². The van der Waals surface area contributed by atoms with Gasteiger partial charge >= 0.3 is 0 Å². The van der Waals surface area contributed by atoms with Gasteiger partial charge in [-0.1, -0.05) is 6.92 Å². The first-order valence-electron chi connectivity index (χ1n) is 5.81. The Morgan fingerprint density at radius 3 is 3.06 bits per heavy atom. The molecule has 1 aromatic heterocycles. The lowest BCUT2D eigenvalue weighted by Gasteiger charge is -2.30. The first kappa shape index (κ1) is 11.2. The van der Waals surface area contributed by atoms with Gasteiger partial charge in [0.1, 0.15) is 5.69 Å². The lowest BCUT2D eigenvalue weighted by atomic mass is 9.95. The Morgan fingerprint density at radius 1 is 1.62 bits per heavy atom. The van der Waals surface area contributed by atoms with E-state index in [1.807, 2.05) is 29.9 Å². The fourth-order valence-corrected chi connectivity index (χ4v) is 2.12. The summed E-state index contributed by atoms with van der Waals surface area (Å²) in [4.78, 5) is 12.0. The van der Waals surface area contributed by atoms with Crippen LogP contribution in [0.4, 0.5) is 0 Å². The molecule has 0 spiro atoms. The summed E-state index contributed by atoms with van der Waals surface area (Å²) in [6.45, 7) is 4.12. The molecule has 1 fully saturated rings. The lowest BCUT2D eigenvalue weighted by Crippen LogP contribution is -2.50. The molecule has 88 valence electrons. The molecule has 1 aliphatic rings. The van der Waals surface area contributed by atoms with Crippen molar-refractivity contribution in [3.05, 3.63) is 24.0 Å². The molecule has 2 atom stereocenters. The molecule has 4 heteroatoms. The first-order valence-corrected chi connectivity index (χ1v) is 5.81. The van der Waals surface area contributed by atoms with Crippen LogP contribution in [0.25, 0.3) is 0 Å². The van der Waals surface area contributed by atoms with Crippen molar-refractivity contribution >= 4 is 5.91 Å². The van der Waals surface area contributed by atoms with Crippen LogP contribution in [0.2, 0.25) is 0 Å². The molecule has 2 unspecified atom stereocenters. The van der Waals surface area contributed by atoms with Gasteiger partial charge in [-0.3, -0.25) is 4.79 Å². The van der Waals surface area contributed by atoms with Crippen molar-refractivity contribution in [3.8, 4) is 0 Å². The van der Waals surface area contributed by atoms with E-state index in [0.717, 1.165) is 25.2 Å². The summed E-state index contributed by atoms with van der Waals surface area (Å²) < 4.78 is 1.84. The maximum Gasteiger partial charge on any atom is 0.268 e. The Labute approximate surface area is 96.0 Å². The summed E-state index contributed by atoms with van der Waals surface area (Å²) in [5.74, 6) is 0.568. The smallest absolute Gasteiger partial charge is 0.268 e. The highest BCUT2D eigenvalue weighted by Crippen LogP contribution is 2.12. The van der Waals surface area contributed by atoms with Gasteiger partial charge in [0.15, 0.2) is 0 Å². The summed E-state index contributed by atoms with van der Waals surface area (Å²) in [6, 6.07) is 3.98. The average Bonchev–Trinajstić information content (AvgIpc) is 2.68. The van der Waals surface area contributed by atoms with Crippen LogP contribution in [0.5, 0.6) is 0 Å². The molecular weight excluding hydrogens is 202 g/mol. The van der Waals surface area contributed by atoms with Crippen molar-refractivity contribution in [1.29, 1.82) is 0 Å². The second-order valence-electron chi connectivity index (χ2n) is 4.55. The highest BCUT2D eigenvalue weighted by atomic mass is 16.2. The molecule has 2 heterocycles. The zero-order valence-corrected chi connectivity index (χ0v) is 9.86. The lowest BCUT2D eigenvalue weighted by molar-refractivity contribution is 0.0907. The van der Waals surface area contributed by atoms with Crippen LogP contribution in [-0.4, -0.2) is 29.6 Å². The molecule has 0 bridgehead atoms. The third kappa shape index (κ3) is 2.27. The van der Waals surface area contributed by atoms with Crippen LogP contribution >= 0.6 is 0 Å². The van der Waals surface area contributed by atoms with Crippen molar-refractivity contribution < 1.29 is 4.79 Å². The maximum absolute atomic E-state index is 12.0. The van der Waals surface area contributed by atoms with Gasteiger partial charge in [-0.25, -0.2) is 0 Å². The Hall–Kier alpha value is -1.29. The van der Waals surface area contributed by atoms with E-state index >= 15 is 0 Å². The van der Waals surface area contributed by atoms with Gasteiger partial charge in [0.2, 0.25) is 0 Å². The number of nitrogens with one attached hydrogen (secondary N) is 2. The van der Waals surface area contributed by atoms with Crippen molar-refractivity contribution in [2.24, 2.45) is 13.0 Å². The molecule has 1 amide bonds. The largest absolute Gasteiger partial charge is 0.347 e. The van der Waals surface area contributed by atoms with Gasteiger partial charge in [0.25, 0.3) is 5.91 Å². The highest BCUT2D eigenvalue weighted by molar-refractivity contribution is 5.92. The molecule has 0 saturated carbocycles. The van der Waals surface area contributed by atoms with Crippen LogP contribution in [0, 0.1) is 5.92 Å². The van der Waals surface area contributed by atoms with Gasteiger partial charge in [-0.2, -0.15) is 0 Å². The predicted octanol–water partition coefficient (Wildman–Crippen LogP) is 0.753. The fraction of sp³-hybridized carbons (Fsp3) is 0.583. The minimum absolute atomic E-state index is 0.0213. The zero-order chi connectivity index (χ0) is 11.5. The topological polar surface area (TPSA) is 46.1 Å². The number of carbonyl (C=O) groups excluding carboxylic acids is 1. The third-order valence-corrected chi connectivity index (χ3v) is 3.32. The van der Waals surface area contributed by atoms with Crippen molar-refractivity contribution in [2.75, 3.05) is 13.1 Å². The van der Waals surface area contributed by atoms with Crippen LogP contribution in [0.15, 0.2) is 18.3 Å². The fourth-order valence-electron chi connectivity index (χ4n) is 2.12. The zero-order valence-electron chi connectivity index (χ0n) is 9.86. The van der Waals surface area contributed by atoms with Gasteiger partial charge < -0.3 is 15.2 Å². The number of hydrogen-bond acceptors (Lipinski definition) is 2. The van der Waals surface area contributed by atoms with Crippen molar-refractivity contribution in [2.45, 2.75) is 19.4 Å². The van der Waals surface area contributed by atoms with Crippen LogP contribution < -0.4 is 10.6 Å². The minimum atomic E-state index is 0.0213. The third-order valence-electron chi connectivity index (χ3n) is 3.32. The van der Waals surface area contributed by atoms with E-state index in [4.69, 9.17) is 0 Å². The van der Waals surface area contributed by atoms with Crippen LogP contribution in [0.3, 0.4) is 0 Å².